The van der Waals surface area contributed by atoms with Crippen LogP contribution < -0.4 is 15.5 Å². The number of carbonyl (C=O) groups excluding carboxylic acids is 1. The Morgan fingerprint density at radius 2 is 1.73 bits per heavy atom. The van der Waals surface area contributed by atoms with E-state index >= 15 is 0 Å². The molecular weight excluding hydrogens is 526 g/mol. The predicted molar refractivity (Wildman–Crippen MR) is 168 cm³/mol. The lowest BCUT2D eigenvalue weighted by Crippen LogP contribution is -2.29. The molecule has 0 radical (unpaired) electrons. The summed E-state index contributed by atoms with van der Waals surface area (Å²) in [5.41, 5.74) is 9.96. The Hall–Kier alpha value is -4.29. The molecule has 2 N–H and O–H groups in total. The van der Waals surface area contributed by atoms with Gasteiger partial charge < -0.3 is 10.1 Å². The second kappa shape index (κ2) is 12.1. The van der Waals surface area contributed by atoms with Crippen molar-refractivity contribution in [2.75, 3.05) is 12.4 Å². The quantitative estimate of drug-likeness (QED) is 0.0995. The van der Waals surface area contributed by atoms with Gasteiger partial charge in [-0.05, 0) is 90.0 Å². The number of allylic oxidation sites excluding steroid dienone is 2. The fourth-order valence-electron chi connectivity index (χ4n) is 5.66. The van der Waals surface area contributed by atoms with Crippen LogP contribution in [0.2, 0.25) is 0 Å². The van der Waals surface area contributed by atoms with Crippen LogP contribution >= 0.6 is 11.8 Å². The molecule has 0 saturated carbocycles. The smallest absolute Gasteiger partial charge is 0.271 e. The molecule has 0 bridgehead atoms. The molecule has 1 amide bonds. The minimum Gasteiger partial charge on any atom is -0.497 e. The van der Waals surface area contributed by atoms with Crippen molar-refractivity contribution in [3.05, 3.63) is 137 Å². The van der Waals surface area contributed by atoms with Gasteiger partial charge in [0.1, 0.15) is 5.75 Å². The lowest BCUT2D eigenvalue weighted by Gasteiger charge is -2.37. The molecule has 6 heteroatoms. The van der Waals surface area contributed by atoms with Crippen LogP contribution in [0.25, 0.3) is 0 Å². The van der Waals surface area contributed by atoms with Gasteiger partial charge in [0.15, 0.2) is 0 Å². The number of benzene rings is 4. The second-order valence-corrected chi connectivity index (χ2v) is 11.5. The van der Waals surface area contributed by atoms with Gasteiger partial charge in [0.25, 0.3) is 5.91 Å². The highest BCUT2D eigenvalue weighted by atomic mass is 32.2. The number of hydrogen-bond donors (Lipinski definition) is 2. The number of rotatable bonds is 8. The first-order chi connectivity index (χ1) is 20.1. The lowest BCUT2D eigenvalue weighted by atomic mass is 9.76. The van der Waals surface area contributed by atoms with Gasteiger partial charge in [0.2, 0.25) is 0 Å². The summed E-state index contributed by atoms with van der Waals surface area (Å²) in [6, 6.07) is 33.1. The molecule has 0 fully saturated rings. The Labute approximate surface area is 245 Å². The van der Waals surface area contributed by atoms with Crippen LogP contribution in [0.15, 0.2) is 119 Å². The van der Waals surface area contributed by atoms with Crippen molar-refractivity contribution in [3.63, 3.8) is 0 Å². The zero-order valence-corrected chi connectivity index (χ0v) is 24.0. The fourth-order valence-corrected chi connectivity index (χ4v) is 6.54. The minimum atomic E-state index is -0.215. The van der Waals surface area contributed by atoms with Gasteiger partial charge in [-0.15, -0.1) is 11.8 Å². The molecule has 41 heavy (non-hydrogen) atoms. The topological polar surface area (TPSA) is 62.7 Å². The van der Waals surface area contributed by atoms with E-state index in [4.69, 9.17) is 4.74 Å². The number of ether oxygens (including phenoxy) is 1. The van der Waals surface area contributed by atoms with Crippen LogP contribution in [0.3, 0.4) is 0 Å². The van der Waals surface area contributed by atoms with E-state index in [0.29, 0.717) is 17.4 Å². The molecule has 4 aromatic rings. The highest BCUT2D eigenvalue weighted by Crippen LogP contribution is 2.50. The van der Waals surface area contributed by atoms with Gasteiger partial charge in [-0.2, -0.15) is 5.10 Å². The molecule has 0 saturated heterocycles. The number of nitrogens with zero attached hydrogens (tertiary/aromatic N) is 1. The number of anilines is 1. The molecule has 3 atom stereocenters. The number of carbonyl (C=O) groups is 1. The normalized spacial score (nSPS) is 19.2. The van der Waals surface area contributed by atoms with Crippen LogP contribution in [0.5, 0.6) is 5.75 Å². The summed E-state index contributed by atoms with van der Waals surface area (Å²) < 4.78 is 5.35. The van der Waals surface area contributed by atoms with Gasteiger partial charge in [-0.1, -0.05) is 60.7 Å². The predicted octanol–water partition coefficient (Wildman–Crippen LogP) is 7.97. The Kier molecular flexibility index (Phi) is 7.92. The Morgan fingerprint density at radius 1 is 0.976 bits per heavy atom. The number of methoxy groups -OCH3 is 1. The third-order valence-electron chi connectivity index (χ3n) is 7.95. The maximum absolute atomic E-state index is 12.8. The monoisotopic (exact) mass is 559 g/mol. The molecule has 1 heterocycles. The van der Waals surface area contributed by atoms with Crippen molar-refractivity contribution in [1.82, 2.24) is 5.43 Å². The Balaban J connectivity index is 1.12. The van der Waals surface area contributed by atoms with Gasteiger partial charge in [-0.3, -0.25) is 4.79 Å². The van der Waals surface area contributed by atoms with E-state index in [0.717, 1.165) is 34.9 Å². The van der Waals surface area contributed by atoms with Crippen molar-refractivity contribution in [2.45, 2.75) is 36.0 Å². The molecule has 5 nitrogen and oxygen atoms in total. The molecule has 0 unspecified atom stereocenters. The zero-order chi connectivity index (χ0) is 28.2. The highest BCUT2D eigenvalue weighted by molar-refractivity contribution is 7.98. The number of amides is 1. The van der Waals surface area contributed by atoms with E-state index in [9.17, 15) is 4.79 Å². The molecule has 1 aliphatic heterocycles. The van der Waals surface area contributed by atoms with Crippen LogP contribution in [-0.4, -0.2) is 18.7 Å². The summed E-state index contributed by atoms with van der Waals surface area (Å²) in [4.78, 5) is 14.0. The van der Waals surface area contributed by atoms with Crippen molar-refractivity contribution in [2.24, 2.45) is 11.0 Å². The lowest BCUT2D eigenvalue weighted by molar-refractivity contribution is 0.0955. The molecule has 6 rings (SSSR count). The number of nitrogens with one attached hydrogen (secondary N) is 2. The average Bonchev–Trinajstić information content (AvgIpc) is 3.53. The van der Waals surface area contributed by atoms with Crippen molar-refractivity contribution in [1.29, 1.82) is 0 Å². The van der Waals surface area contributed by atoms with Crippen molar-refractivity contribution >= 4 is 29.1 Å². The summed E-state index contributed by atoms with van der Waals surface area (Å²) >= 11 is 1.78. The molecule has 206 valence electrons. The summed E-state index contributed by atoms with van der Waals surface area (Å²) in [7, 11) is 1.69. The van der Waals surface area contributed by atoms with E-state index in [1.54, 1.807) is 18.9 Å². The standard InChI is InChI=1S/C35H33N3O2S/c1-23(37-38-35(39)26-13-11-24(12-14-26)22-41-29-7-4-3-5-8-29)27-17-20-33-32(21-27)30-9-6-10-31(30)34(36-33)25-15-18-28(40-2)19-16-25/h3-9,11-21,30-31,34,36H,10,22H2,1-2H3,(H,38,39)/b37-23-/t30-,31+,34+/m1/s1. The van der Waals surface area contributed by atoms with Crippen LogP contribution in [-0.2, 0) is 5.75 Å². The first kappa shape index (κ1) is 26.9. The maximum atomic E-state index is 12.8. The molecule has 0 aromatic heterocycles. The van der Waals surface area contributed by atoms with Crippen LogP contribution in [0.4, 0.5) is 5.69 Å². The third-order valence-corrected chi connectivity index (χ3v) is 9.03. The largest absolute Gasteiger partial charge is 0.497 e. The van der Waals surface area contributed by atoms with Crippen molar-refractivity contribution < 1.29 is 9.53 Å². The summed E-state index contributed by atoms with van der Waals surface area (Å²) in [5, 5.41) is 8.24. The fraction of sp³-hybridized carbons (Fsp3) is 0.200. The van der Waals surface area contributed by atoms with Gasteiger partial charge in [-0.25, -0.2) is 5.43 Å². The Morgan fingerprint density at radius 3 is 2.49 bits per heavy atom. The Bertz CT molecular complexity index is 1580. The number of hydrazone groups is 1. The first-order valence-corrected chi connectivity index (χ1v) is 14.9. The third kappa shape index (κ3) is 5.93. The number of fused-ring (bicyclic) bond motifs is 3. The average molecular weight is 560 g/mol. The van der Waals surface area contributed by atoms with Gasteiger partial charge in [0, 0.05) is 27.8 Å². The highest BCUT2D eigenvalue weighted by Gasteiger charge is 2.38. The molecule has 4 aromatic carbocycles. The van der Waals surface area contributed by atoms with Crippen molar-refractivity contribution in [3.8, 4) is 5.75 Å². The first-order valence-electron chi connectivity index (χ1n) is 13.9. The van der Waals surface area contributed by atoms with E-state index in [1.165, 1.54) is 21.6 Å². The van der Waals surface area contributed by atoms with E-state index < -0.39 is 0 Å². The van der Waals surface area contributed by atoms with Crippen LogP contribution in [0, 0.1) is 5.92 Å². The molecule has 2 aliphatic rings. The van der Waals surface area contributed by atoms with E-state index in [1.807, 2.05) is 61.5 Å². The van der Waals surface area contributed by atoms with E-state index in [-0.39, 0.29) is 11.9 Å². The summed E-state index contributed by atoms with van der Waals surface area (Å²) in [5.74, 6) is 2.28. The number of thioether (sulfide) groups is 1. The van der Waals surface area contributed by atoms with Gasteiger partial charge >= 0.3 is 0 Å². The van der Waals surface area contributed by atoms with Crippen LogP contribution in [0.1, 0.15) is 57.9 Å². The second-order valence-electron chi connectivity index (χ2n) is 10.5. The maximum Gasteiger partial charge on any atom is 0.271 e. The number of hydrogen-bond acceptors (Lipinski definition) is 5. The van der Waals surface area contributed by atoms with Gasteiger partial charge in [0.05, 0.1) is 18.9 Å². The minimum absolute atomic E-state index is 0.215. The SMILES string of the molecule is COc1ccc([C@@H]2Nc3ccc(/C(C)=N\NC(=O)c4ccc(CSc5ccccc5)cc4)cc3[C@@H]3C=CC[C@@H]32)cc1. The van der Waals surface area contributed by atoms with E-state index in [2.05, 4.69) is 70.5 Å². The summed E-state index contributed by atoms with van der Waals surface area (Å²) in [6.45, 7) is 1.93. The molecular formula is C35H33N3O2S. The summed E-state index contributed by atoms with van der Waals surface area (Å²) in [6.07, 6.45) is 5.66. The zero-order valence-electron chi connectivity index (χ0n) is 23.2. The molecule has 0 spiro atoms. The molecule has 1 aliphatic carbocycles.